The summed E-state index contributed by atoms with van der Waals surface area (Å²) in [6.07, 6.45) is 2.67. The van der Waals surface area contributed by atoms with Crippen molar-refractivity contribution in [2.45, 2.75) is 26.7 Å². The summed E-state index contributed by atoms with van der Waals surface area (Å²) in [6, 6.07) is 0. The van der Waals surface area contributed by atoms with E-state index in [-0.39, 0.29) is 12.0 Å². The Hall–Kier alpha value is -0.0800. The quantitative estimate of drug-likeness (QED) is 0.656. The lowest BCUT2D eigenvalue weighted by atomic mass is 9.97. The lowest BCUT2D eigenvalue weighted by molar-refractivity contribution is 0.0236. The molecule has 1 rings (SSSR count). The Morgan fingerprint density at radius 3 is 2.55 bits per heavy atom. The smallest absolute Gasteiger partial charge is 0.0539 e. The largest absolute Gasteiger partial charge is 0.396 e. The fourth-order valence-electron chi connectivity index (χ4n) is 0.832. The molecule has 66 valence electrons. The van der Waals surface area contributed by atoms with E-state index < -0.39 is 0 Å². The molecule has 1 aliphatic rings. The third-order valence-corrected chi connectivity index (χ3v) is 1.97. The van der Waals surface area contributed by atoms with E-state index in [0.717, 1.165) is 12.5 Å². The van der Waals surface area contributed by atoms with Crippen LogP contribution in [-0.4, -0.2) is 24.9 Å². The molecule has 0 aromatic heterocycles. The minimum Gasteiger partial charge on any atom is -0.396 e. The fraction of sp³-hybridized carbons (Fsp3) is 1.00. The summed E-state index contributed by atoms with van der Waals surface area (Å²) in [5.74, 6) is 0.824. The van der Waals surface area contributed by atoms with Crippen molar-refractivity contribution >= 4 is 0 Å². The third kappa shape index (κ3) is 3.73. The molecule has 0 spiro atoms. The molecular weight excluding hydrogens is 140 g/mol. The summed E-state index contributed by atoms with van der Waals surface area (Å²) in [6.45, 7) is 5.81. The Morgan fingerprint density at radius 2 is 2.09 bits per heavy atom. The number of aliphatic hydroxyl groups is 1. The molecule has 0 amide bonds. The number of rotatable bonds is 5. The first kappa shape index (κ1) is 9.01. The van der Waals surface area contributed by atoms with Gasteiger partial charge in [-0.25, -0.2) is 0 Å². The summed E-state index contributed by atoms with van der Waals surface area (Å²) in [4.78, 5) is 0. The maximum atomic E-state index is 8.89. The molecule has 1 fully saturated rings. The predicted octanol–water partition coefficient (Wildman–Crippen LogP) is 1.43. The van der Waals surface area contributed by atoms with Gasteiger partial charge in [-0.15, -0.1) is 0 Å². The van der Waals surface area contributed by atoms with Crippen LogP contribution in [0.25, 0.3) is 0 Å². The van der Waals surface area contributed by atoms with Gasteiger partial charge < -0.3 is 9.84 Å². The molecule has 2 nitrogen and oxygen atoms in total. The molecule has 11 heavy (non-hydrogen) atoms. The second-order valence-corrected chi connectivity index (χ2v) is 4.28. The second-order valence-electron chi connectivity index (χ2n) is 4.28. The van der Waals surface area contributed by atoms with Crippen molar-refractivity contribution in [3.63, 3.8) is 0 Å². The van der Waals surface area contributed by atoms with E-state index in [9.17, 15) is 0 Å². The summed E-state index contributed by atoms with van der Waals surface area (Å²) in [5.41, 5.74) is -0.0606. The van der Waals surface area contributed by atoms with E-state index in [2.05, 4.69) is 0 Å². The maximum absolute atomic E-state index is 8.89. The minimum absolute atomic E-state index is 0.0606. The second kappa shape index (κ2) is 3.55. The first-order chi connectivity index (χ1) is 5.14. The lowest BCUT2D eigenvalue weighted by Crippen LogP contribution is -2.24. The highest BCUT2D eigenvalue weighted by molar-refractivity contribution is 4.73. The van der Waals surface area contributed by atoms with Crippen molar-refractivity contribution in [1.82, 2.24) is 0 Å². The van der Waals surface area contributed by atoms with E-state index in [0.29, 0.717) is 6.61 Å². The zero-order chi connectivity index (χ0) is 8.32. The van der Waals surface area contributed by atoms with Gasteiger partial charge in [0.15, 0.2) is 0 Å². The van der Waals surface area contributed by atoms with Gasteiger partial charge in [0.2, 0.25) is 0 Å². The van der Waals surface area contributed by atoms with Gasteiger partial charge in [-0.05, 0) is 18.8 Å². The molecule has 2 heteroatoms. The topological polar surface area (TPSA) is 29.5 Å². The standard InChI is InChI=1S/C9H18O2/c1-9(2,6-10)7-11-5-8-3-4-8/h8,10H,3-7H2,1-2H3. The number of hydrogen-bond donors (Lipinski definition) is 1. The molecule has 0 bridgehead atoms. The molecule has 1 N–H and O–H groups in total. The van der Waals surface area contributed by atoms with Crippen LogP contribution in [-0.2, 0) is 4.74 Å². The average molecular weight is 158 g/mol. The summed E-state index contributed by atoms with van der Waals surface area (Å²) in [5, 5.41) is 8.89. The molecule has 0 aliphatic heterocycles. The molecular formula is C9H18O2. The highest BCUT2D eigenvalue weighted by Gasteiger charge is 2.23. The first-order valence-electron chi connectivity index (χ1n) is 4.33. The summed E-state index contributed by atoms with van der Waals surface area (Å²) < 4.78 is 5.45. The average Bonchev–Trinajstić information content (AvgIpc) is 2.71. The highest BCUT2D eigenvalue weighted by Crippen LogP contribution is 2.29. The molecule has 0 radical (unpaired) electrons. The third-order valence-electron chi connectivity index (χ3n) is 1.97. The normalized spacial score (nSPS) is 18.8. The SMILES string of the molecule is CC(C)(CO)COCC1CC1. The van der Waals surface area contributed by atoms with Crippen LogP contribution >= 0.6 is 0 Å². The lowest BCUT2D eigenvalue weighted by Gasteiger charge is -2.20. The van der Waals surface area contributed by atoms with Gasteiger partial charge >= 0.3 is 0 Å². The Labute approximate surface area is 68.6 Å². The van der Waals surface area contributed by atoms with E-state index in [1.54, 1.807) is 0 Å². The van der Waals surface area contributed by atoms with Crippen LogP contribution in [0.3, 0.4) is 0 Å². The zero-order valence-corrected chi connectivity index (χ0v) is 7.47. The van der Waals surface area contributed by atoms with E-state index in [1.165, 1.54) is 12.8 Å². The Bertz CT molecular complexity index is 117. The first-order valence-corrected chi connectivity index (χ1v) is 4.33. The molecule has 1 aliphatic carbocycles. The van der Waals surface area contributed by atoms with Gasteiger partial charge in [0.05, 0.1) is 13.2 Å². The van der Waals surface area contributed by atoms with Crippen molar-refractivity contribution in [1.29, 1.82) is 0 Å². The van der Waals surface area contributed by atoms with Crippen molar-refractivity contribution < 1.29 is 9.84 Å². The summed E-state index contributed by atoms with van der Waals surface area (Å²) >= 11 is 0. The number of hydrogen-bond acceptors (Lipinski definition) is 2. The fourth-order valence-corrected chi connectivity index (χ4v) is 0.832. The van der Waals surface area contributed by atoms with Crippen LogP contribution in [0.5, 0.6) is 0 Å². The number of ether oxygens (including phenoxy) is 1. The van der Waals surface area contributed by atoms with Crippen LogP contribution in [0.4, 0.5) is 0 Å². The molecule has 0 heterocycles. The van der Waals surface area contributed by atoms with Gasteiger partial charge in [0, 0.05) is 12.0 Å². The van der Waals surface area contributed by atoms with Crippen LogP contribution in [0.15, 0.2) is 0 Å². The molecule has 0 unspecified atom stereocenters. The molecule has 1 saturated carbocycles. The van der Waals surface area contributed by atoms with Gasteiger partial charge in [0.25, 0.3) is 0 Å². The zero-order valence-electron chi connectivity index (χ0n) is 7.47. The van der Waals surface area contributed by atoms with Gasteiger partial charge in [-0.1, -0.05) is 13.8 Å². The van der Waals surface area contributed by atoms with Crippen molar-refractivity contribution in [2.75, 3.05) is 19.8 Å². The van der Waals surface area contributed by atoms with Crippen molar-refractivity contribution in [3.8, 4) is 0 Å². The van der Waals surface area contributed by atoms with Crippen molar-refractivity contribution in [3.05, 3.63) is 0 Å². The van der Waals surface area contributed by atoms with Gasteiger partial charge in [-0.2, -0.15) is 0 Å². The monoisotopic (exact) mass is 158 g/mol. The molecule has 0 aromatic carbocycles. The van der Waals surface area contributed by atoms with Crippen molar-refractivity contribution in [2.24, 2.45) is 11.3 Å². The van der Waals surface area contributed by atoms with Gasteiger partial charge in [0.1, 0.15) is 0 Å². The van der Waals surface area contributed by atoms with Crippen LogP contribution in [0, 0.1) is 11.3 Å². The number of aliphatic hydroxyl groups excluding tert-OH is 1. The van der Waals surface area contributed by atoms with E-state index in [1.807, 2.05) is 13.8 Å². The van der Waals surface area contributed by atoms with Crippen LogP contribution in [0.1, 0.15) is 26.7 Å². The molecule has 0 atom stereocenters. The van der Waals surface area contributed by atoms with Crippen LogP contribution < -0.4 is 0 Å². The Morgan fingerprint density at radius 1 is 1.45 bits per heavy atom. The molecule has 0 saturated heterocycles. The van der Waals surface area contributed by atoms with E-state index in [4.69, 9.17) is 9.84 Å². The van der Waals surface area contributed by atoms with Crippen LogP contribution in [0.2, 0.25) is 0 Å². The van der Waals surface area contributed by atoms with Gasteiger partial charge in [-0.3, -0.25) is 0 Å². The predicted molar refractivity (Wildman–Crippen MR) is 44.4 cm³/mol. The minimum atomic E-state index is -0.0606. The van der Waals surface area contributed by atoms with E-state index >= 15 is 0 Å². The Balaban J connectivity index is 1.99. The molecule has 0 aromatic rings. The summed E-state index contributed by atoms with van der Waals surface area (Å²) in [7, 11) is 0. The highest BCUT2D eigenvalue weighted by atomic mass is 16.5. The maximum Gasteiger partial charge on any atom is 0.0539 e. The Kier molecular flexibility index (Phi) is 2.90.